The molecule has 0 bridgehead atoms. The lowest BCUT2D eigenvalue weighted by Gasteiger charge is -2.31. The lowest BCUT2D eigenvalue weighted by Crippen LogP contribution is -2.51. The molecule has 3 nitrogen and oxygen atoms in total. The van der Waals surface area contributed by atoms with E-state index >= 15 is 0 Å². The summed E-state index contributed by atoms with van der Waals surface area (Å²) < 4.78 is 0.568. The van der Waals surface area contributed by atoms with Crippen LogP contribution in [0.15, 0.2) is 0 Å². The van der Waals surface area contributed by atoms with Gasteiger partial charge in [-0.15, -0.1) is 12.6 Å². The van der Waals surface area contributed by atoms with Gasteiger partial charge in [0.15, 0.2) is 0 Å². The average Bonchev–Trinajstić information content (AvgIpc) is 2.05. The first kappa shape index (κ1) is 8.96. The standard InChI is InChI=1S/C6H10N2OS2/c9-4-5-3-8(6(10)11)2-1-7-5/h4-5,7H,1-3H2,(H,10,11). The lowest BCUT2D eigenvalue weighted by atomic mass is 10.2. The van der Waals surface area contributed by atoms with Crippen LogP contribution in [0.4, 0.5) is 0 Å². The van der Waals surface area contributed by atoms with Crippen molar-refractivity contribution >= 4 is 35.5 Å². The van der Waals surface area contributed by atoms with Crippen molar-refractivity contribution in [2.45, 2.75) is 6.04 Å². The van der Waals surface area contributed by atoms with E-state index in [-0.39, 0.29) is 6.04 Å². The van der Waals surface area contributed by atoms with Crippen LogP contribution in [0.5, 0.6) is 0 Å². The van der Waals surface area contributed by atoms with Crippen molar-refractivity contribution in [1.82, 2.24) is 10.2 Å². The second kappa shape index (κ2) is 4.04. The van der Waals surface area contributed by atoms with Gasteiger partial charge in [-0.2, -0.15) is 0 Å². The van der Waals surface area contributed by atoms with Crippen LogP contribution in [0, 0.1) is 0 Å². The zero-order chi connectivity index (χ0) is 8.27. The van der Waals surface area contributed by atoms with Crippen LogP contribution >= 0.6 is 24.8 Å². The number of hydrogen-bond acceptors (Lipinski definition) is 3. The van der Waals surface area contributed by atoms with Crippen molar-refractivity contribution in [3.05, 3.63) is 0 Å². The van der Waals surface area contributed by atoms with Gasteiger partial charge in [-0.05, 0) is 0 Å². The first-order chi connectivity index (χ1) is 5.24. The molecule has 0 saturated carbocycles. The highest BCUT2D eigenvalue weighted by Crippen LogP contribution is 2.01. The Morgan fingerprint density at radius 1 is 1.82 bits per heavy atom. The number of nitrogens with zero attached hydrogens (tertiary/aromatic N) is 1. The molecule has 62 valence electrons. The maximum Gasteiger partial charge on any atom is 0.138 e. The summed E-state index contributed by atoms with van der Waals surface area (Å²) in [5.74, 6) is 0. The van der Waals surface area contributed by atoms with Crippen LogP contribution in [0.25, 0.3) is 0 Å². The summed E-state index contributed by atoms with van der Waals surface area (Å²) in [7, 11) is 0. The number of piperazine rings is 1. The number of hydrogen-bond donors (Lipinski definition) is 2. The van der Waals surface area contributed by atoms with Gasteiger partial charge in [0.1, 0.15) is 10.6 Å². The molecular formula is C6H10N2OS2. The third-order valence-corrected chi connectivity index (χ3v) is 2.18. The third-order valence-electron chi connectivity index (χ3n) is 1.64. The Bertz CT molecular complexity index is 174. The van der Waals surface area contributed by atoms with E-state index in [9.17, 15) is 4.79 Å². The van der Waals surface area contributed by atoms with Crippen LogP contribution in [0.2, 0.25) is 0 Å². The molecule has 1 saturated heterocycles. The van der Waals surface area contributed by atoms with Crippen molar-refractivity contribution in [2.75, 3.05) is 19.6 Å². The molecule has 5 heteroatoms. The first-order valence-corrected chi connectivity index (χ1v) is 4.26. The minimum atomic E-state index is -0.0890. The fraction of sp³-hybridized carbons (Fsp3) is 0.667. The molecule has 0 aliphatic carbocycles. The fourth-order valence-electron chi connectivity index (χ4n) is 1.04. The summed E-state index contributed by atoms with van der Waals surface area (Å²) in [5, 5.41) is 3.05. The summed E-state index contributed by atoms with van der Waals surface area (Å²) in [6.07, 6.45) is 0.901. The van der Waals surface area contributed by atoms with Crippen LogP contribution in [-0.4, -0.2) is 41.2 Å². The quantitative estimate of drug-likeness (QED) is 0.337. The highest BCUT2D eigenvalue weighted by molar-refractivity contribution is 8.10. The second-order valence-corrected chi connectivity index (χ2v) is 3.54. The zero-order valence-corrected chi connectivity index (χ0v) is 7.70. The summed E-state index contributed by atoms with van der Waals surface area (Å²) >= 11 is 8.90. The number of carbonyl (C=O) groups is 1. The Hall–Kier alpha value is -0.130. The summed E-state index contributed by atoms with van der Waals surface area (Å²) in [5.41, 5.74) is 0. The monoisotopic (exact) mass is 190 g/mol. The SMILES string of the molecule is O=CC1CN(C(=S)S)CCN1. The molecule has 0 aromatic rings. The number of aldehydes is 1. The first-order valence-electron chi connectivity index (χ1n) is 3.40. The highest BCUT2D eigenvalue weighted by atomic mass is 32.1. The molecule has 1 heterocycles. The topological polar surface area (TPSA) is 32.3 Å². The van der Waals surface area contributed by atoms with Gasteiger partial charge in [-0.1, -0.05) is 12.2 Å². The summed E-state index contributed by atoms with van der Waals surface area (Å²) in [6, 6.07) is -0.0890. The predicted molar refractivity (Wildman–Crippen MR) is 51.0 cm³/mol. The molecule has 1 fully saturated rings. The van der Waals surface area contributed by atoms with Crippen molar-refractivity contribution in [3.8, 4) is 0 Å². The van der Waals surface area contributed by atoms with Gasteiger partial charge in [0.2, 0.25) is 0 Å². The maximum absolute atomic E-state index is 10.4. The fourth-order valence-corrected chi connectivity index (χ4v) is 1.39. The van der Waals surface area contributed by atoms with E-state index in [4.69, 9.17) is 12.2 Å². The van der Waals surface area contributed by atoms with Gasteiger partial charge in [0, 0.05) is 19.6 Å². The number of carbonyl (C=O) groups excluding carboxylic acids is 1. The van der Waals surface area contributed by atoms with E-state index in [0.717, 1.165) is 19.4 Å². The van der Waals surface area contributed by atoms with E-state index in [1.165, 1.54) is 0 Å². The zero-order valence-electron chi connectivity index (χ0n) is 5.99. The Morgan fingerprint density at radius 3 is 3.09 bits per heavy atom. The molecule has 1 aliphatic rings. The smallest absolute Gasteiger partial charge is 0.138 e. The van der Waals surface area contributed by atoms with Crippen molar-refractivity contribution in [3.63, 3.8) is 0 Å². The average molecular weight is 190 g/mol. The van der Waals surface area contributed by atoms with Gasteiger partial charge in [0.05, 0.1) is 6.04 Å². The molecule has 0 aromatic carbocycles. The van der Waals surface area contributed by atoms with Crippen molar-refractivity contribution in [2.24, 2.45) is 0 Å². The van der Waals surface area contributed by atoms with Crippen molar-refractivity contribution < 1.29 is 4.79 Å². The van der Waals surface area contributed by atoms with E-state index in [0.29, 0.717) is 10.9 Å². The van der Waals surface area contributed by atoms with Gasteiger partial charge in [-0.3, -0.25) is 0 Å². The minimum absolute atomic E-state index is 0.0890. The molecule has 1 atom stereocenters. The largest absolute Gasteiger partial charge is 0.354 e. The molecule has 1 unspecified atom stereocenters. The number of thiocarbonyl (C=S) groups is 1. The van der Waals surface area contributed by atoms with Crippen LogP contribution in [0.3, 0.4) is 0 Å². The lowest BCUT2D eigenvalue weighted by molar-refractivity contribution is -0.110. The molecule has 1 aliphatic heterocycles. The molecule has 1 rings (SSSR count). The highest BCUT2D eigenvalue weighted by Gasteiger charge is 2.18. The molecule has 0 spiro atoms. The molecule has 1 N–H and O–H groups in total. The van der Waals surface area contributed by atoms with Crippen LogP contribution in [-0.2, 0) is 4.79 Å². The normalized spacial score (nSPS) is 24.8. The second-order valence-electron chi connectivity index (χ2n) is 2.43. The molecular weight excluding hydrogens is 180 g/mol. The Labute approximate surface area is 76.5 Å². The van der Waals surface area contributed by atoms with Crippen molar-refractivity contribution in [1.29, 1.82) is 0 Å². The number of nitrogens with one attached hydrogen (secondary N) is 1. The van der Waals surface area contributed by atoms with E-state index in [1.54, 1.807) is 0 Å². The Morgan fingerprint density at radius 2 is 2.55 bits per heavy atom. The maximum atomic E-state index is 10.4. The van der Waals surface area contributed by atoms with E-state index < -0.39 is 0 Å². The molecule has 0 aromatic heterocycles. The van der Waals surface area contributed by atoms with Gasteiger partial charge < -0.3 is 15.0 Å². The number of thiol groups is 1. The molecule has 0 amide bonds. The van der Waals surface area contributed by atoms with Gasteiger partial charge >= 0.3 is 0 Å². The Kier molecular flexibility index (Phi) is 3.29. The van der Waals surface area contributed by atoms with Gasteiger partial charge in [-0.25, -0.2) is 0 Å². The Balaban J connectivity index is 2.45. The summed E-state index contributed by atoms with van der Waals surface area (Å²) in [4.78, 5) is 12.3. The molecule has 0 radical (unpaired) electrons. The van der Waals surface area contributed by atoms with E-state index in [2.05, 4.69) is 17.9 Å². The minimum Gasteiger partial charge on any atom is -0.354 e. The van der Waals surface area contributed by atoms with Gasteiger partial charge in [0.25, 0.3) is 0 Å². The van der Waals surface area contributed by atoms with Crippen LogP contribution < -0.4 is 5.32 Å². The molecule has 11 heavy (non-hydrogen) atoms. The third kappa shape index (κ3) is 2.43. The predicted octanol–water partition coefficient (Wildman–Crippen LogP) is -0.326. The van der Waals surface area contributed by atoms with E-state index in [1.807, 2.05) is 4.90 Å². The number of rotatable bonds is 1. The summed E-state index contributed by atoms with van der Waals surface area (Å²) in [6.45, 7) is 2.28. The van der Waals surface area contributed by atoms with Crippen LogP contribution in [0.1, 0.15) is 0 Å².